The van der Waals surface area contributed by atoms with Crippen molar-refractivity contribution in [1.82, 2.24) is 0 Å². The summed E-state index contributed by atoms with van der Waals surface area (Å²) >= 11 is 0. The molecule has 0 radical (unpaired) electrons. The highest BCUT2D eigenvalue weighted by Crippen LogP contribution is 2.77. The lowest BCUT2D eigenvalue weighted by Gasteiger charge is -2.72. The van der Waals surface area contributed by atoms with Crippen molar-refractivity contribution in [2.45, 2.75) is 106 Å². The molecule has 4 fully saturated rings. The molecule has 7 unspecified atom stereocenters. The van der Waals surface area contributed by atoms with Crippen LogP contribution in [0.4, 0.5) is 4.39 Å². The molecule has 1 aromatic carbocycles. The van der Waals surface area contributed by atoms with Gasteiger partial charge in [0.05, 0.1) is 0 Å². The van der Waals surface area contributed by atoms with Crippen LogP contribution in [0.1, 0.15) is 110 Å². The third-order valence-electron chi connectivity index (χ3n) is 13.9. The summed E-state index contributed by atoms with van der Waals surface area (Å²) in [5.41, 5.74) is 4.48. The van der Waals surface area contributed by atoms with Gasteiger partial charge in [0.2, 0.25) is 0 Å². The molecule has 2 heteroatoms. The fraction of sp³-hybridized carbons (Fsp3) is 0.765. The summed E-state index contributed by atoms with van der Waals surface area (Å²) in [6.07, 6.45) is 15.4. The summed E-state index contributed by atoms with van der Waals surface area (Å²) in [7, 11) is 0. The number of halogens is 1. The van der Waals surface area contributed by atoms with Crippen LogP contribution in [0.5, 0.6) is 0 Å². The maximum absolute atomic E-state index is 14.6. The minimum atomic E-state index is -0.0804. The summed E-state index contributed by atoms with van der Waals surface area (Å²) in [6, 6.07) is 5.88. The molecule has 6 rings (SSSR count). The molecule has 5 aliphatic rings. The van der Waals surface area contributed by atoms with Crippen molar-refractivity contribution in [2.24, 2.45) is 50.7 Å². The first-order valence-corrected chi connectivity index (χ1v) is 15.0. The fourth-order valence-electron chi connectivity index (χ4n) is 11.8. The van der Waals surface area contributed by atoms with E-state index in [-0.39, 0.29) is 16.6 Å². The van der Waals surface area contributed by atoms with Gasteiger partial charge in [0.15, 0.2) is 0 Å². The molecule has 5 aliphatic carbocycles. The largest absolute Gasteiger partial charge is 0.396 e. The van der Waals surface area contributed by atoms with Crippen molar-refractivity contribution < 1.29 is 9.50 Å². The Morgan fingerprint density at radius 2 is 1.64 bits per heavy atom. The van der Waals surface area contributed by atoms with Gasteiger partial charge < -0.3 is 5.11 Å². The smallest absolute Gasteiger partial charge is 0.126 e. The second-order valence-electron chi connectivity index (χ2n) is 15.2. The van der Waals surface area contributed by atoms with Gasteiger partial charge >= 0.3 is 0 Å². The molecule has 0 amide bonds. The van der Waals surface area contributed by atoms with E-state index in [1.54, 1.807) is 6.07 Å². The second kappa shape index (κ2) is 7.93. The second-order valence-corrected chi connectivity index (χ2v) is 15.2. The van der Waals surface area contributed by atoms with Crippen LogP contribution in [-0.4, -0.2) is 11.7 Å². The Hall–Kier alpha value is -1.15. The quantitative estimate of drug-likeness (QED) is 0.437. The summed E-state index contributed by atoms with van der Waals surface area (Å²) in [5, 5.41) is 10.5. The SMILES string of the molecule is Cc1ccc(C2=CCC3(C)C(CCC4(C)C3CCC3C5CCCC5(CO)CC[C@]34C)C2(C)C)cc1F. The fourth-order valence-corrected chi connectivity index (χ4v) is 11.8. The zero-order valence-electron chi connectivity index (χ0n) is 23.7. The molecule has 0 aromatic heterocycles. The number of fused-ring (bicyclic) bond motifs is 7. The Morgan fingerprint density at radius 1 is 0.861 bits per heavy atom. The van der Waals surface area contributed by atoms with Crippen molar-refractivity contribution in [3.05, 3.63) is 41.2 Å². The molecule has 8 atom stereocenters. The summed E-state index contributed by atoms with van der Waals surface area (Å²) in [6.45, 7) is 15.2. The molecule has 1 N–H and O–H groups in total. The van der Waals surface area contributed by atoms with E-state index in [1.807, 2.05) is 13.0 Å². The Morgan fingerprint density at radius 3 is 2.36 bits per heavy atom. The Balaban J connectivity index is 1.37. The van der Waals surface area contributed by atoms with E-state index in [9.17, 15) is 9.50 Å². The molecular formula is C34H49FO. The van der Waals surface area contributed by atoms with Gasteiger partial charge in [-0.05, 0) is 138 Å². The summed E-state index contributed by atoms with van der Waals surface area (Å²) < 4.78 is 14.6. The average Bonchev–Trinajstić information content (AvgIpc) is 3.26. The highest BCUT2D eigenvalue weighted by atomic mass is 19.1. The zero-order valence-corrected chi connectivity index (χ0v) is 23.7. The third-order valence-corrected chi connectivity index (χ3v) is 13.9. The zero-order chi connectivity index (χ0) is 25.7. The molecule has 0 saturated heterocycles. The number of aryl methyl sites for hydroxylation is 1. The van der Waals surface area contributed by atoms with Crippen LogP contribution in [-0.2, 0) is 0 Å². The lowest BCUT2D eigenvalue weighted by Crippen LogP contribution is -2.65. The standard InChI is InChI=1S/C34H49FO/c1-22-9-10-23(20-27(22)35)24-13-16-31(4)28(30(24,2)3)14-17-33(6)29(31)12-11-25-26-8-7-15-34(26,21-36)19-18-32(25,33)5/h9-10,13,20,25-26,28-29,36H,7-8,11-12,14-19,21H2,1-6H3/t25?,26?,28?,29?,31?,32-,33?,34?/m1/s1. The highest BCUT2D eigenvalue weighted by molar-refractivity contribution is 5.71. The van der Waals surface area contributed by atoms with Crippen molar-refractivity contribution in [1.29, 1.82) is 0 Å². The van der Waals surface area contributed by atoms with Crippen molar-refractivity contribution >= 4 is 5.57 Å². The van der Waals surface area contributed by atoms with E-state index < -0.39 is 0 Å². The van der Waals surface area contributed by atoms with Crippen LogP contribution < -0.4 is 0 Å². The Labute approximate surface area is 219 Å². The molecular weight excluding hydrogens is 443 g/mol. The number of aliphatic hydroxyl groups excluding tert-OH is 1. The van der Waals surface area contributed by atoms with Crippen molar-refractivity contribution in [2.75, 3.05) is 6.61 Å². The van der Waals surface area contributed by atoms with Gasteiger partial charge in [0.25, 0.3) is 0 Å². The van der Waals surface area contributed by atoms with E-state index in [0.29, 0.717) is 28.8 Å². The minimum absolute atomic E-state index is 0.0395. The highest BCUT2D eigenvalue weighted by Gasteiger charge is 2.69. The predicted octanol–water partition coefficient (Wildman–Crippen LogP) is 8.98. The lowest BCUT2D eigenvalue weighted by molar-refractivity contribution is -0.225. The van der Waals surface area contributed by atoms with Gasteiger partial charge in [-0.25, -0.2) is 4.39 Å². The van der Waals surface area contributed by atoms with Gasteiger partial charge in [-0.1, -0.05) is 59.2 Å². The van der Waals surface area contributed by atoms with Gasteiger partial charge in [-0.3, -0.25) is 0 Å². The molecule has 0 bridgehead atoms. The van der Waals surface area contributed by atoms with Gasteiger partial charge in [-0.15, -0.1) is 0 Å². The number of hydrogen-bond donors (Lipinski definition) is 1. The monoisotopic (exact) mass is 492 g/mol. The first kappa shape index (κ1) is 25.1. The molecule has 36 heavy (non-hydrogen) atoms. The number of rotatable bonds is 2. The number of aliphatic hydroxyl groups is 1. The van der Waals surface area contributed by atoms with Crippen molar-refractivity contribution in [3.63, 3.8) is 0 Å². The van der Waals surface area contributed by atoms with Crippen LogP contribution >= 0.6 is 0 Å². The molecule has 0 spiro atoms. The van der Waals surface area contributed by atoms with Gasteiger partial charge in [0, 0.05) is 6.61 Å². The van der Waals surface area contributed by atoms with Gasteiger partial charge in [-0.2, -0.15) is 0 Å². The minimum Gasteiger partial charge on any atom is -0.396 e. The maximum atomic E-state index is 14.6. The first-order chi connectivity index (χ1) is 16.9. The van der Waals surface area contributed by atoms with Crippen LogP contribution in [0.2, 0.25) is 0 Å². The Bertz CT molecular complexity index is 1090. The first-order valence-electron chi connectivity index (χ1n) is 15.0. The van der Waals surface area contributed by atoms with Crippen LogP contribution in [0.15, 0.2) is 24.3 Å². The number of hydrogen-bond acceptors (Lipinski definition) is 1. The maximum Gasteiger partial charge on any atom is 0.126 e. The van der Waals surface area contributed by atoms with Crippen molar-refractivity contribution in [3.8, 4) is 0 Å². The molecule has 1 nitrogen and oxygen atoms in total. The van der Waals surface area contributed by atoms with Crippen LogP contribution in [0.25, 0.3) is 5.57 Å². The third kappa shape index (κ3) is 3.03. The topological polar surface area (TPSA) is 20.2 Å². The number of benzene rings is 1. The van der Waals surface area contributed by atoms with Gasteiger partial charge in [0.1, 0.15) is 5.82 Å². The molecule has 1 aromatic rings. The van der Waals surface area contributed by atoms with E-state index in [2.05, 4.69) is 46.8 Å². The average molecular weight is 493 g/mol. The number of allylic oxidation sites excluding steroid dienone is 2. The lowest BCUT2D eigenvalue weighted by atomic mass is 9.33. The summed E-state index contributed by atoms with van der Waals surface area (Å²) in [4.78, 5) is 0. The molecule has 0 aliphatic heterocycles. The van der Waals surface area contributed by atoms with Crippen LogP contribution in [0.3, 0.4) is 0 Å². The molecule has 0 heterocycles. The van der Waals surface area contributed by atoms with Crippen LogP contribution in [0, 0.1) is 63.5 Å². The predicted molar refractivity (Wildman–Crippen MR) is 147 cm³/mol. The van der Waals surface area contributed by atoms with E-state index >= 15 is 0 Å². The summed E-state index contributed by atoms with van der Waals surface area (Å²) in [5.74, 6) is 2.79. The molecule has 4 saturated carbocycles. The Kier molecular flexibility index (Phi) is 5.54. The van der Waals surface area contributed by atoms with E-state index in [4.69, 9.17) is 0 Å². The molecule has 198 valence electrons. The normalized spacial score (nSPS) is 47.3. The van der Waals surface area contributed by atoms with E-state index in [1.165, 1.54) is 63.4 Å². The van der Waals surface area contributed by atoms with E-state index in [0.717, 1.165) is 35.3 Å².